The van der Waals surface area contributed by atoms with E-state index in [1.54, 1.807) is 18.2 Å². The van der Waals surface area contributed by atoms with E-state index in [0.717, 1.165) is 36.9 Å². The Hall–Kier alpha value is -2.28. The highest BCUT2D eigenvalue weighted by Gasteiger charge is 2.18. The molecule has 0 unspecified atom stereocenters. The molecule has 0 spiro atoms. The van der Waals surface area contributed by atoms with Gasteiger partial charge in [0.05, 0.1) is 11.4 Å². The van der Waals surface area contributed by atoms with E-state index < -0.39 is 0 Å². The minimum atomic E-state index is -0.0715. The van der Waals surface area contributed by atoms with Crippen molar-refractivity contribution in [1.82, 2.24) is 9.97 Å². The molecule has 0 saturated heterocycles. The Morgan fingerprint density at radius 1 is 1.21 bits per heavy atom. The van der Waals surface area contributed by atoms with Crippen LogP contribution in [-0.2, 0) is 12.8 Å². The SMILES string of the molecule is O=C(CSc1nc2c(c(=O)[nH]1)CCCC2)c1ccc2c(c1)OCO2. The third-order valence-electron chi connectivity index (χ3n) is 4.20. The molecule has 2 aliphatic rings. The number of Topliss-reactive ketones (excluding diaryl/α,β-unsaturated/α-hetero) is 1. The summed E-state index contributed by atoms with van der Waals surface area (Å²) in [6.07, 6.45) is 3.72. The number of H-pyrrole nitrogens is 1. The number of hydrogen-bond donors (Lipinski definition) is 1. The summed E-state index contributed by atoms with van der Waals surface area (Å²) in [6, 6.07) is 5.15. The number of fused-ring (bicyclic) bond motifs is 2. The molecule has 4 rings (SSSR count). The second kappa shape index (κ2) is 6.32. The highest BCUT2D eigenvalue weighted by Crippen LogP contribution is 2.33. The van der Waals surface area contributed by atoms with Gasteiger partial charge >= 0.3 is 0 Å². The number of aromatic nitrogens is 2. The lowest BCUT2D eigenvalue weighted by Crippen LogP contribution is -2.21. The summed E-state index contributed by atoms with van der Waals surface area (Å²) in [6.45, 7) is 0.183. The maximum Gasteiger partial charge on any atom is 0.254 e. The van der Waals surface area contributed by atoms with Gasteiger partial charge in [0.25, 0.3) is 5.56 Å². The number of aromatic amines is 1. The molecule has 1 N–H and O–H groups in total. The normalized spacial score (nSPS) is 15.2. The van der Waals surface area contributed by atoms with Crippen molar-refractivity contribution in [3.63, 3.8) is 0 Å². The number of hydrogen-bond acceptors (Lipinski definition) is 6. The summed E-state index contributed by atoms with van der Waals surface area (Å²) >= 11 is 1.26. The number of thioether (sulfide) groups is 1. The molecule has 1 aromatic carbocycles. The predicted molar refractivity (Wildman–Crippen MR) is 89.1 cm³/mol. The molecule has 0 saturated carbocycles. The molecular weight excluding hydrogens is 328 g/mol. The molecule has 2 aromatic rings. The van der Waals surface area contributed by atoms with Crippen LogP contribution >= 0.6 is 11.8 Å². The Bertz CT molecular complexity index is 862. The lowest BCUT2D eigenvalue weighted by Gasteiger charge is -2.14. The molecule has 6 nitrogen and oxygen atoms in total. The first-order valence-electron chi connectivity index (χ1n) is 7.88. The zero-order valence-corrected chi connectivity index (χ0v) is 13.8. The van der Waals surface area contributed by atoms with Crippen LogP contribution in [0, 0.1) is 0 Å². The third-order valence-corrected chi connectivity index (χ3v) is 5.08. The number of nitrogens with one attached hydrogen (secondary N) is 1. The summed E-state index contributed by atoms with van der Waals surface area (Å²) in [7, 11) is 0. The van der Waals surface area contributed by atoms with E-state index in [0.29, 0.717) is 22.2 Å². The highest BCUT2D eigenvalue weighted by atomic mass is 32.2. The monoisotopic (exact) mass is 344 g/mol. The number of aryl methyl sites for hydroxylation is 1. The van der Waals surface area contributed by atoms with Crippen molar-refractivity contribution in [3.05, 3.63) is 45.4 Å². The Labute approximate surface area is 142 Å². The van der Waals surface area contributed by atoms with E-state index in [1.807, 2.05) is 0 Å². The Kier molecular flexibility index (Phi) is 4.02. The molecule has 2 heterocycles. The van der Waals surface area contributed by atoms with Crippen molar-refractivity contribution in [2.24, 2.45) is 0 Å². The fraction of sp³-hybridized carbons (Fsp3) is 0.353. The van der Waals surface area contributed by atoms with Crippen LogP contribution in [0.2, 0.25) is 0 Å². The minimum absolute atomic E-state index is 0.0429. The smallest absolute Gasteiger partial charge is 0.254 e. The van der Waals surface area contributed by atoms with Gasteiger partial charge in [-0.05, 0) is 43.9 Å². The van der Waals surface area contributed by atoms with E-state index in [1.165, 1.54) is 11.8 Å². The molecule has 0 fully saturated rings. The van der Waals surface area contributed by atoms with E-state index >= 15 is 0 Å². The van der Waals surface area contributed by atoms with Crippen LogP contribution in [0.1, 0.15) is 34.5 Å². The second-order valence-electron chi connectivity index (χ2n) is 5.78. The molecule has 1 aliphatic heterocycles. The van der Waals surface area contributed by atoms with Crippen LogP contribution in [0.4, 0.5) is 0 Å². The van der Waals surface area contributed by atoms with Crippen molar-refractivity contribution >= 4 is 17.5 Å². The quantitative estimate of drug-likeness (QED) is 0.521. The number of ketones is 1. The molecule has 1 aromatic heterocycles. The third kappa shape index (κ3) is 2.91. The van der Waals surface area contributed by atoms with Gasteiger partial charge in [-0.25, -0.2) is 4.98 Å². The number of rotatable bonds is 4. The molecule has 0 amide bonds. The highest BCUT2D eigenvalue weighted by molar-refractivity contribution is 7.99. The Balaban J connectivity index is 1.48. The first-order valence-corrected chi connectivity index (χ1v) is 8.87. The largest absolute Gasteiger partial charge is 0.454 e. The van der Waals surface area contributed by atoms with Gasteiger partial charge in [0, 0.05) is 11.1 Å². The maximum absolute atomic E-state index is 12.4. The van der Waals surface area contributed by atoms with Gasteiger partial charge in [0.2, 0.25) is 6.79 Å². The van der Waals surface area contributed by atoms with Crippen molar-refractivity contribution in [1.29, 1.82) is 0 Å². The summed E-state index contributed by atoms with van der Waals surface area (Å²) < 4.78 is 10.5. The zero-order valence-electron chi connectivity index (χ0n) is 13.0. The molecule has 0 bridgehead atoms. The van der Waals surface area contributed by atoms with Crippen molar-refractivity contribution in [2.45, 2.75) is 30.8 Å². The first kappa shape index (κ1) is 15.3. The predicted octanol–water partition coefficient (Wildman–Crippen LogP) is 2.35. The number of benzene rings is 1. The second-order valence-corrected chi connectivity index (χ2v) is 6.75. The van der Waals surface area contributed by atoms with Crippen LogP contribution in [0.15, 0.2) is 28.2 Å². The average Bonchev–Trinajstić information content (AvgIpc) is 3.07. The van der Waals surface area contributed by atoms with Gasteiger partial charge in [-0.1, -0.05) is 11.8 Å². The lowest BCUT2D eigenvalue weighted by atomic mass is 9.97. The van der Waals surface area contributed by atoms with Gasteiger partial charge < -0.3 is 14.5 Å². The van der Waals surface area contributed by atoms with Gasteiger partial charge in [0.1, 0.15) is 0 Å². The molecule has 1 aliphatic carbocycles. The number of carbonyl (C=O) groups excluding carboxylic acids is 1. The van der Waals surface area contributed by atoms with Crippen molar-refractivity contribution in [2.75, 3.05) is 12.5 Å². The Morgan fingerprint density at radius 2 is 2.04 bits per heavy atom. The van der Waals surface area contributed by atoms with Gasteiger partial charge in [-0.3, -0.25) is 9.59 Å². The van der Waals surface area contributed by atoms with Gasteiger partial charge in [-0.15, -0.1) is 0 Å². The molecule has 0 atom stereocenters. The maximum atomic E-state index is 12.4. The van der Waals surface area contributed by atoms with Crippen molar-refractivity contribution in [3.8, 4) is 11.5 Å². The summed E-state index contributed by atoms with van der Waals surface area (Å²) in [4.78, 5) is 31.7. The van der Waals surface area contributed by atoms with Crippen LogP contribution in [0.3, 0.4) is 0 Å². The van der Waals surface area contributed by atoms with Gasteiger partial charge in [-0.2, -0.15) is 0 Å². The standard InChI is InChI=1S/C17H16N2O4S/c20-13(10-5-6-14-15(7-10)23-9-22-14)8-24-17-18-12-4-2-1-3-11(12)16(21)19-17/h5-7H,1-4,8-9H2,(H,18,19,21). The summed E-state index contributed by atoms with van der Waals surface area (Å²) in [5, 5.41) is 0.509. The fourth-order valence-corrected chi connectivity index (χ4v) is 3.71. The van der Waals surface area contributed by atoms with Crippen molar-refractivity contribution < 1.29 is 14.3 Å². The van der Waals surface area contributed by atoms with Crippen LogP contribution in [-0.4, -0.2) is 28.3 Å². The fourth-order valence-electron chi connectivity index (χ4n) is 2.94. The van der Waals surface area contributed by atoms with E-state index in [2.05, 4.69) is 9.97 Å². The van der Waals surface area contributed by atoms with Crippen LogP contribution in [0.5, 0.6) is 11.5 Å². The number of carbonyl (C=O) groups is 1. The first-order chi connectivity index (χ1) is 11.7. The molecule has 24 heavy (non-hydrogen) atoms. The molecular formula is C17H16N2O4S. The van der Waals surface area contributed by atoms with E-state index in [4.69, 9.17) is 9.47 Å². The van der Waals surface area contributed by atoms with E-state index in [9.17, 15) is 9.59 Å². The topological polar surface area (TPSA) is 81.3 Å². The Morgan fingerprint density at radius 3 is 2.96 bits per heavy atom. The van der Waals surface area contributed by atoms with Gasteiger partial charge in [0.15, 0.2) is 22.4 Å². The average molecular weight is 344 g/mol. The number of ether oxygens (including phenoxy) is 2. The minimum Gasteiger partial charge on any atom is -0.454 e. The number of nitrogens with zero attached hydrogens (tertiary/aromatic N) is 1. The molecule has 7 heteroatoms. The van der Waals surface area contributed by atoms with Crippen LogP contribution in [0.25, 0.3) is 0 Å². The molecule has 0 radical (unpaired) electrons. The summed E-state index contributed by atoms with van der Waals surface area (Å²) in [5.41, 5.74) is 2.17. The lowest BCUT2D eigenvalue weighted by molar-refractivity contribution is 0.102. The summed E-state index contributed by atoms with van der Waals surface area (Å²) in [5.74, 6) is 1.41. The molecule has 124 valence electrons. The van der Waals surface area contributed by atoms with E-state index in [-0.39, 0.29) is 23.9 Å². The zero-order chi connectivity index (χ0) is 16.5. The van der Waals surface area contributed by atoms with Crippen LogP contribution < -0.4 is 15.0 Å².